The molecule has 4 aromatic rings. The molecule has 0 aliphatic rings. The first-order valence-corrected chi connectivity index (χ1v) is 8.85. The van der Waals surface area contributed by atoms with Crippen LogP contribution in [0.2, 0.25) is 0 Å². The van der Waals surface area contributed by atoms with Crippen molar-refractivity contribution < 1.29 is 18.7 Å². The highest BCUT2D eigenvalue weighted by Crippen LogP contribution is 2.36. The fourth-order valence-electron chi connectivity index (χ4n) is 3.18. The first-order chi connectivity index (χ1) is 13.7. The van der Waals surface area contributed by atoms with Crippen molar-refractivity contribution in [1.29, 1.82) is 0 Å². The maximum Gasteiger partial charge on any atom is 0.243 e. The van der Waals surface area contributed by atoms with Gasteiger partial charge in [0.1, 0.15) is 22.7 Å². The van der Waals surface area contributed by atoms with Crippen LogP contribution in [-0.4, -0.2) is 26.7 Å². The normalized spacial score (nSPS) is 10.8. The number of amides is 1. The Kier molecular flexibility index (Phi) is 4.76. The predicted octanol–water partition coefficient (Wildman–Crippen LogP) is 4.65. The van der Waals surface area contributed by atoms with Crippen LogP contribution >= 0.6 is 0 Å². The van der Waals surface area contributed by atoms with Crippen LogP contribution in [0.1, 0.15) is 0 Å². The maximum absolute atomic E-state index is 12.4. The second-order valence-corrected chi connectivity index (χ2v) is 6.25. The molecule has 0 spiro atoms. The molecule has 142 valence electrons. The van der Waals surface area contributed by atoms with E-state index in [9.17, 15) is 4.79 Å². The van der Waals surface area contributed by atoms with Crippen LogP contribution in [0.3, 0.4) is 0 Å². The topological polar surface area (TPSA) is 72.7 Å². The lowest BCUT2D eigenvalue weighted by atomic mass is 10.1. The average Bonchev–Trinajstić information content (AvgIpc) is 3.09. The van der Waals surface area contributed by atoms with Gasteiger partial charge in [-0.05, 0) is 24.3 Å². The zero-order chi connectivity index (χ0) is 19.5. The van der Waals surface area contributed by atoms with E-state index in [4.69, 9.17) is 13.9 Å². The molecule has 0 saturated carbocycles. The van der Waals surface area contributed by atoms with Gasteiger partial charge in [0.25, 0.3) is 0 Å². The fraction of sp³-hybridized carbons (Fsp3) is 0.136. The summed E-state index contributed by atoms with van der Waals surface area (Å²) in [5.41, 5.74) is 2.85. The van der Waals surface area contributed by atoms with E-state index in [2.05, 4.69) is 10.6 Å². The number of anilines is 2. The summed E-state index contributed by atoms with van der Waals surface area (Å²) in [6.07, 6.45) is 0. The van der Waals surface area contributed by atoms with E-state index < -0.39 is 0 Å². The first-order valence-electron chi connectivity index (χ1n) is 8.85. The molecule has 0 bridgehead atoms. The number of nitrogens with one attached hydrogen (secondary N) is 2. The van der Waals surface area contributed by atoms with Crippen molar-refractivity contribution in [2.45, 2.75) is 0 Å². The molecule has 4 rings (SSSR count). The molecule has 0 fully saturated rings. The molecule has 0 aliphatic heterocycles. The van der Waals surface area contributed by atoms with Gasteiger partial charge >= 0.3 is 0 Å². The molecule has 1 amide bonds. The Bertz CT molecular complexity index is 1150. The third-order valence-electron chi connectivity index (χ3n) is 4.52. The maximum atomic E-state index is 12.4. The van der Waals surface area contributed by atoms with Gasteiger partial charge in [-0.25, -0.2) is 0 Å². The zero-order valence-corrected chi connectivity index (χ0v) is 15.6. The molecule has 0 unspecified atom stereocenters. The Morgan fingerprint density at radius 3 is 2.43 bits per heavy atom. The van der Waals surface area contributed by atoms with E-state index in [-0.39, 0.29) is 12.5 Å². The highest BCUT2D eigenvalue weighted by Gasteiger charge is 2.13. The van der Waals surface area contributed by atoms with Crippen molar-refractivity contribution in [3.05, 3.63) is 60.7 Å². The first kappa shape index (κ1) is 17.7. The summed E-state index contributed by atoms with van der Waals surface area (Å²) < 4.78 is 16.7. The third kappa shape index (κ3) is 3.32. The summed E-state index contributed by atoms with van der Waals surface area (Å²) in [6, 6.07) is 18.9. The Balaban J connectivity index is 1.55. The minimum atomic E-state index is -0.198. The highest BCUT2D eigenvalue weighted by atomic mass is 16.5. The summed E-state index contributed by atoms with van der Waals surface area (Å²) in [4.78, 5) is 12.4. The lowest BCUT2D eigenvalue weighted by Crippen LogP contribution is -2.22. The number of ether oxygens (including phenoxy) is 2. The van der Waals surface area contributed by atoms with Gasteiger partial charge in [0.15, 0.2) is 0 Å². The lowest BCUT2D eigenvalue weighted by molar-refractivity contribution is -0.114. The van der Waals surface area contributed by atoms with Crippen molar-refractivity contribution in [3.8, 4) is 11.5 Å². The van der Waals surface area contributed by atoms with E-state index in [1.54, 1.807) is 26.4 Å². The van der Waals surface area contributed by atoms with E-state index in [0.29, 0.717) is 22.9 Å². The lowest BCUT2D eigenvalue weighted by Gasteiger charge is -2.13. The molecule has 0 atom stereocenters. The van der Waals surface area contributed by atoms with Gasteiger partial charge in [-0.15, -0.1) is 0 Å². The molecule has 0 aliphatic carbocycles. The van der Waals surface area contributed by atoms with Gasteiger partial charge in [-0.3, -0.25) is 4.79 Å². The molecule has 6 nitrogen and oxygen atoms in total. The number of para-hydroxylation sites is 3. The summed E-state index contributed by atoms with van der Waals surface area (Å²) in [7, 11) is 3.17. The van der Waals surface area contributed by atoms with Crippen LogP contribution in [0.25, 0.3) is 21.9 Å². The number of methoxy groups -OCH3 is 2. The summed E-state index contributed by atoms with van der Waals surface area (Å²) >= 11 is 0. The Labute approximate surface area is 162 Å². The van der Waals surface area contributed by atoms with Crippen molar-refractivity contribution in [2.75, 3.05) is 31.4 Å². The van der Waals surface area contributed by atoms with Gasteiger partial charge < -0.3 is 24.5 Å². The number of carbonyl (C=O) groups is 1. The molecule has 1 heterocycles. The van der Waals surface area contributed by atoms with Crippen LogP contribution in [0.5, 0.6) is 11.5 Å². The Hall–Kier alpha value is -3.67. The van der Waals surface area contributed by atoms with Crippen LogP contribution < -0.4 is 20.1 Å². The molecule has 6 heteroatoms. The van der Waals surface area contributed by atoms with E-state index in [1.165, 1.54) is 0 Å². The van der Waals surface area contributed by atoms with E-state index in [1.807, 2.05) is 48.5 Å². The van der Waals surface area contributed by atoms with Crippen molar-refractivity contribution >= 4 is 39.2 Å². The smallest absolute Gasteiger partial charge is 0.243 e. The predicted molar refractivity (Wildman–Crippen MR) is 110 cm³/mol. The molecular formula is C22H20N2O4. The summed E-state index contributed by atoms with van der Waals surface area (Å²) in [6.45, 7) is 0.0696. The zero-order valence-electron chi connectivity index (χ0n) is 15.6. The SMILES string of the molecule is COc1cc2c(cc1NCC(=O)Nc1ccccc1OC)oc1ccccc12. The molecule has 28 heavy (non-hydrogen) atoms. The fourth-order valence-corrected chi connectivity index (χ4v) is 3.18. The number of carbonyl (C=O) groups excluding carboxylic acids is 1. The van der Waals surface area contributed by atoms with E-state index in [0.717, 1.165) is 21.9 Å². The number of benzene rings is 3. The van der Waals surface area contributed by atoms with Crippen molar-refractivity contribution in [3.63, 3.8) is 0 Å². The summed E-state index contributed by atoms with van der Waals surface area (Å²) in [5.74, 6) is 1.05. The van der Waals surface area contributed by atoms with Gasteiger partial charge in [0.05, 0.1) is 32.1 Å². The largest absolute Gasteiger partial charge is 0.495 e. The van der Waals surface area contributed by atoms with E-state index >= 15 is 0 Å². The number of fused-ring (bicyclic) bond motifs is 3. The average molecular weight is 376 g/mol. The minimum absolute atomic E-state index is 0.0696. The standard InChI is InChI=1S/C22H20N2O4/c1-26-19-10-6-4-8-16(19)24-22(25)13-23-17-12-20-15(11-21(17)27-2)14-7-3-5-9-18(14)28-20/h3-12,23H,13H2,1-2H3,(H,24,25). The Morgan fingerprint density at radius 1 is 0.857 bits per heavy atom. The minimum Gasteiger partial charge on any atom is -0.495 e. The van der Waals surface area contributed by atoms with Gasteiger partial charge in [-0.1, -0.05) is 30.3 Å². The van der Waals surface area contributed by atoms with Crippen LogP contribution in [-0.2, 0) is 4.79 Å². The second-order valence-electron chi connectivity index (χ2n) is 6.25. The van der Waals surface area contributed by atoms with Crippen LogP contribution in [0.15, 0.2) is 65.1 Å². The second kappa shape index (κ2) is 7.52. The van der Waals surface area contributed by atoms with Crippen LogP contribution in [0.4, 0.5) is 11.4 Å². The molecule has 1 aromatic heterocycles. The number of hydrogen-bond donors (Lipinski definition) is 2. The highest BCUT2D eigenvalue weighted by molar-refractivity contribution is 6.07. The number of hydrogen-bond acceptors (Lipinski definition) is 5. The molecule has 0 radical (unpaired) electrons. The molecule has 2 N–H and O–H groups in total. The third-order valence-corrected chi connectivity index (χ3v) is 4.52. The van der Waals surface area contributed by atoms with Gasteiger partial charge in [-0.2, -0.15) is 0 Å². The number of rotatable bonds is 6. The molecular weight excluding hydrogens is 356 g/mol. The molecule has 0 saturated heterocycles. The molecule has 3 aromatic carbocycles. The van der Waals surface area contributed by atoms with Gasteiger partial charge in [0.2, 0.25) is 5.91 Å². The van der Waals surface area contributed by atoms with Crippen molar-refractivity contribution in [1.82, 2.24) is 0 Å². The monoisotopic (exact) mass is 376 g/mol. The summed E-state index contributed by atoms with van der Waals surface area (Å²) in [5, 5.41) is 7.95. The quantitative estimate of drug-likeness (QED) is 0.512. The van der Waals surface area contributed by atoms with Gasteiger partial charge in [0, 0.05) is 16.8 Å². The Morgan fingerprint density at radius 2 is 1.61 bits per heavy atom. The van der Waals surface area contributed by atoms with Crippen LogP contribution in [0, 0.1) is 0 Å². The number of furan rings is 1. The van der Waals surface area contributed by atoms with Crippen molar-refractivity contribution in [2.24, 2.45) is 0 Å².